The molecule has 3 aromatic rings. The summed E-state index contributed by atoms with van der Waals surface area (Å²) in [5.41, 5.74) is 2.21. The van der Waals surface area contributed by atoms with E-state index in [0.717, 1.165) is 12.1 Å². The van der Waals surface area contributed by atoms with E-state index in [1.54, 1.807) is 13.0 Å². The Morgan fingerprint density at radius 1 is 1.19 bits per heavy atom. The van der Waals surface area contributed by atoms with Crippen LogP contribution in [0.15, 0.2) is 52.3 Å². The van der Waals surface area contributed by atoms with Gasteiger partial charge in [0.05, 0.1) is 27.7 Å². The van der Waals surface area contributed by atoms with Crippen LogP contribution in [-0.2, 0) is 6.42 Å². The lowest BCUT2D eigenvalue weighted by molar-refractivity contribution is 0.626. The fraction of sp³-hybridized carbons (Fsp3) is 0.200. The molecule has 27 heavy (non-hydrogen) atoms. The van der Waals surface area contributed by atoms with Crippen molar-refractivity contribution >= 4 is 23.0 Å². The molecule has 0 aliphatic heterocycles. The number of halogens is 3. The van der Waals surface area contributed by atoms with Crippen molar-refractivity contribution in [2.45, 2.75) is 26.7 Å². The molecule has 0 spiro atoms. The van der Waals surface area contributed by atoms with Gasteiger partial charge >= 0.3 is 0 Å². The number of aromatic nitrogens is 2. The van der Waals surface area contributed by atoms with Crippen LogP contribution in [0.1, 0.15) is 31.5 Å². The molecule has 0 bridgehead atoms. The molecular formula is C20H18ClF2N3O. The van der Waals surface area contributed by atoms with E-state index in [2.05, 4.69) is 10.1 Å². The topological polar surface area (TPSA) is 50.1 Å². The van der Waals surface area contributed by atoms with E-state index in [-0.39, 0.29) is 16.4 Å². The summed E-state index contributed by atoms with van der Waals surface area (Å²) in [4.78, 5) is 17.3. The molecule has 2 aromatic carbocycles. The van der Waals surface area contributed by atoms with Gasteiger partial charge in [0.1, 0.15) is 11.6 Å². The SMILES string of the molecule is CCCc1[nH]n(-c2ccc(F)cc2)c(=O)c1C(C)=Nc1ccc(Cl)c(F)c1. The molecule has 3 rings (SSSR count). The van der Waals surface area contributed by atoms with Crippen LogP contribution in [0.3, 0.4) is 0 Å². The van der Waals surface area contributed by atoms with Gasteiger partial charge in [0.2, 0.25) is 0 Å². The lowest BCUT2D eigenvalue weighted by Crippen LogP contribution is -2.19. The Kier molecular flexibility index (Phi) is 5.56. The molecule has 1 aromatic heterocycles. The highest BCUT2D eigenvalue weighted by Crippen LogP contribution is 2.22. The molecule has 7 heteroatoms. The number of aliphatic imine (C=N–C) groups is 1. The van der Waals surface area contributed by atoms with Gasteiger partial charge in [-0.05, 0) is 49.7 Å². The molecule has 0 saturated carbocycles. The number of benzene rings is 2. The number of nitrogens with one attached hydrogen (secondary N) is 1. The van der Waals surface area contributed by atoms with Gasteiger partial charge in [-0.3, -0.25) is 14.9 Å². The predicted molar refractivity (Wildman–Crippen MR) is 104 cm³/mol. The molecule has 0 saturated heterocycles. The minimum atomic E-state index is -0.572. The zero-order valence-corrected chi connectivity index (χ0v) is 15.6. The Morgan fingerprint density at radius 2 is 1.89 bits per heavy atom. The summed E-state index contributed by atoms with van der Waals surface area (Å²) in [7, 11) is 0. The zero-order valence-electron chi connectivity index (χ0n) is 14.9. The number of nitrogens with zero attached hydrogens (tertiary/aromatic N) is 2. The van der Waals surface area contributed by atoms with Crippen LogP contribution in [0.2, 0.25) is 5.02 Å². The van der Waals surface area contributed by atoms with Gasteiger partial charge in [0.15, 0.2) is 0 Å². The van der Waals surface area contributed by atoms with Crippen LogP contribution in [-0.4, -0.2) is 15.5 Å². The molecule has 0 atom stereocenters. The van der Waals surface area contributed by atoms with Crippen molar-refractivity contribution in [2.75, 3.05) is 0 Å². The third-order valence-electron chi connectivity index (χ3n) is 4.11. The van der Waals surface area contributed by atoms with Crippen LogP contribution in [0.5, 0.6) is 0 Å². The van der Waals surface area contributed by atoms with Gasteiger partial charge in [0, 0.05) is 11.8 Å². The first-order chi connectivity index (χ1) is 12.9. The fourth-order valence-corrected chi connectivity index (χ4v) is 2.98. The van der Waals surface area contributed by atoms with E-state index in [0.29, 0.717) is 29.1 Å². The van der Waals surface area contributed by atoms with E-state index in [1.807, 2.05) is 6.92 Å². The molecule has 1 heterocycles. The average Bonchev–Trinajstić information content (AvgIpc) is 2.95. The van der Waals surface area contributed by atoms with Crippen molar-refractivity contribution in [3.05, 3.63) is 80.7 Å². The van der Waals surface area contributed by atoms with Gasteiger partial charge in [-0.1, -0.05) is 24.9 Å². The number of aromatic amines is 1. The van der Waals surface area contributed by atoms with Gasteiger partial charge in [-0.2, -0.15) is 0 Å². The van der Waals surface area contributed by atoms with Crippen molar-refractivity contribution in [3.8, 4) is 5.69 Å². The number of H-pyrrole nitrogens is 1. The lowest BCUT2D eigenvalue weighted by Gasteiger charge is -2.02. The number of hydrogen-bond donors (Lipinski definition) is 1. The largest absolute Gasteiger partial charge is 0.294 e. The van der Waals surface area contributed by atoms with Crippen molar-refractivity contribution < 1.29 is 8.78 Å². The minimum absolute atomic E-state index is 0.0126. The summed E-state index contributed by atoms with van der Waals surface area (Å²) in [6.45, 7) is 3.70. The normalized spacial score (nSPS) is 11.8. The maximum atomic E-state index is 13.7. The maximum absolute atomic E-state index is 13.7. The number of aryl methyl sites for hydroxylation is 1. The van der Waals surface area contributed by atoms with Gasteiger partial charge < -0.3 is 0 Å². The predicted octanol–water partition coefficient (Wildman–Crippen LogP) is 5.19. The fourth-order valence-electron chi connectivity index (χ4n) is 2.86. The van der Waals surface area contributed by atoms with Gasteiger partial charge in [0.25, 0.3) is 5.56 Å². The van der Waals surface area contributed by atoms with E-state index in [1.165, 1.54) is 41.1 Å². The minimum Gasteiger partial charge on any atom is -0.294 e. The van der Waals surface area contributed by atoms with E-state index in [9.17, 15) is 13.6 Å². The van der Waals surface area contributed by atoms with Crippen molar-refractivity contribution in [3.63, 3.8) is 0 Å². The highest BCUT2D eigenvalue weighted by atomic mass is 35.5. The summed E-state index contributed by atoms with van der Waals surface area (Å²) in [5.74, 6) is -0.952. The Labute approximate surface area is 160 Å². The Morgan fingerprint density at radius 3 is 2.52 bits per heavy atom. The molecule has 1 N–H and O–H groups in total. The van der Waals surface area contributed by atoms with Crippen molar-refractivity contribution in [1.29, 1.82) is 0 Å². The summed E-state index contributed by atoms with van der Waals surface area (Å²) >= 11 is 5.70. The Bertz CT molecular complexity index is 1050. The number of hydrogen-bond acceptors (Lipinski definition) is 2. The summed E-state index contributed by atoms with van der Waals surface area (Å²) in [6, 6.07) is 9.85. The van der Waals surface area contributed by atoms with E-state index < -0.39 is 5.82 Å². The van der Waals surface area contributed by atoms with Crippen LogP contribution in [0.4, 0.5) is 14.5 Å². The van der Waals surface area contributed by atoms with Crippen LogP contribution < -0.4 is 5.56 Å². The third-order valence-corrected chi connectivity index (χ3v) is 4.42. The standard InChI is InChI=1S/C20H18ClF2N3O/c1-3-4-18-19(12(2)24-14-7-10-16(21)17(23)11-14)20(27)26(25-18)15-8-5-13(22)6-9-15/h5-11,25H,3-4H2,1-2H3. The Balaban J connectivity index is 2.10. The second-order valence-electron chi connectivity index (χ2n) is 6.13. The average molecular weight is 390 g/mol. The molecule has 0 aliphatic rings. The number of rotatable bonds is 5. The monoisotopic (exact) mass is 389 g/mol. The van der Waals surface area contributed by atoms with E-state index in [4.69, 9.17) is 11.6 Å². The second-order valence-corrected chi connectivity index (χ2v) is 6.54. The molecule has 0 aliphatic carbocycles. The maximum Gasteiger partial charge on any atom is 0.280 e. The van der Waals surface area contributed by atoms with Gasteiger partial charge in [-0.15, -0.1) is 0 Å². The summed E-state index contributed by atoms with van der Waals surface area (Å²) in [5, 5.41) is 3.09. The highest BCUT2D eigenvalue weighted by molar-refractivity contribution is 6.30. The second kappa shape index (κ2) is 7.88. The first kappa shape index (κ1) is 19.0. The van der Waals surface area contributed by atoms with Crippen LogP contribution in [0.25, 0.3) is 5.69 Å². The molecule has 0 amide bonds. The van der Waals surface area contributed by atoms with Crippen molar-refractivity contribution in [2.24, 2.45) is 4.99 Å². The molecule has 0 fully saturated rings. The zero-order chi connectivity index (χ0) is 19.6. The molecule has 140 valence electrons. The summed E-state index contributed by atoms with van der Waals surface area (Å²) < 4.78 is 28.2. The third kappa shape index (κ3) is 4.01. The molecule has 0 unspecified atom stereocenters. The molecular weight excluding hydrogens is 372 g/mol. The molecule has 4 nitrogen and oxygen atoms in total. The molecule has 0 radical (unpaired) electrons. The summed E-state index contributed by atoms with van der Waals surface area (Å²) in [6.07, 6.45) is 1.46. The van der Waals surface area contributed by atoms with Crippen molar-refractivity contribution in [1.82, 2.24) is 9.78 Å². The van der Waals surface area contributed by atoms with Gasteiger partial charge in [-0.25, -0.2) is 13.5 Å². The van der Waals surface area contributed by atoms with Crippen LogP contribution in [0, 0.1) is 11.6 Å². The smallest absolute Gasteiger partial charge is 0.280 e. The van der Waals surface area contributed by atoms with E-state index >= 15 is 0 Å². The first-order valence-electron chi connectivity index (χ1n) is 8.51. The van der Waals surface area contributed by atoms with Crippen LogP contribution >= 0.6 is 11.6 Å². The first-order valence-corrected chi connectivity index (χ1v) is 8.89. The Hall–Kier alpha value is -2.73. The quantitative estimate of drug-likeness (QED) is 0.600. The lowest BCUT2D eigenvalue weighted by atomic mass is 10.1. The highest BCUT2D eigenvalue weighted by Gasteiger charge is 2.17.